The molecular weight excluding hydrogens is 388 g/mol. The predicted molar refractivity (Wildman–Crippen MR) is 125 cm³/mol. The number of rotatable bonds is 4. The standard InChI is InChI=1S/C25H32N4O2/c1-25(2,3)22-15-23(27-24(31)26-19-10-5-4-6-11-19)29(28-22)20-13-17-9-7-8-12-21(17)18(14-20)16-30/h7-9,12-15,19,30H,4-6,10-11,16H2,1-3H3,(H2,26,27,31). The smallest absolute Gasteiger partial charge is 0.320 e. The van der Waals surface area contributed by atoms with Gasteiger partial charge >= 0.3 is 6.03 Å². The molecule has 0 unspecified atom stereocenters. The van der Waals surface area contributed by atoms with Gasteiger partial charge < -0.3 is 10.4 Å². The summed E-state index contributed by atoms with van der Waals surface area (Å²) in [4.78, 5) is 12.8. The quantitative estimate of drug-likeness (QED) is 0.538. The highest BCUT2D eigenvalue weighted by molar-refractivity contribution is 5.90. The number of hydrogen-bond donors (Lipinski definition) is 3. The van der Waals surface area contributed by atoms with Crippen molar-refractivity contribution in [2.75, 3.05) is 5.32 Å². The minimum atomic E-state index is -0.198. The number of amides is 2. The number of fused-ring (bicyclic) bond motifs is 1. The first-order valence-electron chi connectivity index (χ1n) is 11.2. The van der Waals surface area contributed by atoms with Gasteiger partial charge in [-0.2, -0.15) is 5.10 Å². The lowest BCUT2D eigenvalue weighted by molar-refractivity contribution is 0.244. The summed E-state index contributed by atoms with van der Waals surface area (Å²) < 4.78 is 1.77. The largest absolute Gasteiger partial charge is 0.392 e. The van der Waals surface area contributed by atoms with Gasteiger partial charge in [-0.05, 0) is 41.3 Å². The summed E-state index contributed by atoms with van der Waals surface area (Å²) in [5.41, 5.74) is 2.36. The Kier molecular flexibility index (Phi) is 6.01. The summed E-state index contributed by atoms with van der Waals surface area (Å²) in [5.74, 6) is 0.623. The van der Waals surface area contributed by atoms with Crippen LogP contribution in [0.1, 0.15) is 64.1 Å². The molecule has 1 saturated carbocycles. The molecule has 2 amide bonds. The van der Waals surface area contributed by atoms with Crippen LogP contribution in [0.4, 0.5) is 10.6 Å². The van der Waals surface area contributed by atoms with E-state index < -0.39 is 0 Å². The van der Waals surface area contributed by atoms with Crippen LogP contribution in [0.2, 0.25) is 0 Å². The number of nitrogens with zero attached hydrogens (tertiary/aromatic N) is 2. The van der Waals surface area contributed by atoms with E-state index in [1.165, 1.54) is 6.42 Å². The van der Waals surface area contributed by atoms with Crippen LogP contribution in [-0.2, 0) is 12.0 Å². The van der Waals surface area contributed by atoms with Gasteiger partial charge in [-0.15, -0.1) is 0 Å². The molecule has 0 aliphatic heterocycles. The number of carbonyl (C=O) groups excluding carboxylic acids is 1. The number of aliphatic hydroxyl groups excluding tert-OH is 1. The highest BCUT2D eigenvalue weighted by Gasteiger charge is 2.23. The fraction of sp³-hybridized carbons (Fsp3) is 0.440. The van der Waals surface area contributed by atoms with Gasteiger partial charge in [-0.1, -0.05) is 64.3 Å². The Hall–Kier alpha value is -2.86. The third-order valence-electron chi connectivity index (χ3n) is 6.01. The molecular formula is C25H32N4O2. The maximum Gasteiger partial charge on any atom is 0.320 e. The summed E-state index contributed by atoms with van der Waals surface area (Å²) in [7, 11) is 0. The summed E-state index contributed by atoms with van der Waals surface area (Å²) >= 11 is 0. The molecule has 0 saturated heterocycles. The molecule has 2 aromatic carbocycles. The molecule has 6 nitrogen and oxygen atoms in total. The molecule has 1 heterocycles. The van der Waals surface area contributed by atoms with E-state index in [0.29, 0.717) is 5.82 Å². The molecule has 0 atom stereocenters. The van der Waals surface area contributed by atoms with Gasteiger partial charge in [-0.3, -0.25) is 5.32 Å². The van der Waals surface area contributed by atoms with E-state index in [1.54, 1.807) is 4.68 Å². The van der Waals surface area contributed by atoms with E-state index in [-0.39, 0.29) is 24.1 Å². The van der Waals surface area contributed by atoms with Gasteiger partial charge in [0, 0.05) is 17.5 Å². The number of anilines is 1. The maximum absolute atomic E-state index is 12.8. The van der Waals surface area contributed by atoms with Gasteiger partial charge in [0.15, 0.2) is 0 Å². The fourth-order valence-corrected chi connectivity index (χ4v) is 4.24. The van der Waals surface area contributed by atoms with Crippen LogP contribution in [-0.4, -0.2) is 27.0 Å². The van der Waals surface area contributed by atoms with Crippen molar-refractivity contribution in [3.63, 3.8) is 0 Å². The first-order chi connectivity index (χ1) is 14.8. The Morgan fingerprint density at radius 1 is 1.13 bits per heavy atom. The van der Waals surface area contributed by atoms with Crippen LogP contribution in [0.15, 0.2) is 42.5 Å². The van der Waals surface area contributed by atoms with Crippen molar-refractivity contribution in [2.24, 2.45) is 0 Å². The van der Waals surface area contributed by atoms with Gasteiger partial charge in [0.25, 0.3) is 0 Å². The van der Waals surface area contributed by atoms with E-state index in [9.17, 15) is 9.90 Å². The van der Waals surface area contributed by atoms with E-state index in [2.05, 4.69) is 31.4 Å². The second-order valence-electron chi connectivity index (χ2n) is 9.49. The lowest BCUT2D eigenvalue weighted by Crippen LogP contribution is -2.39. The second kappa shape index (κ2) is 8.71. The number of nitrogens with one attached hydrogen (secondary N) is 2. The molecule has 6 heteroatoms. The average Bonchev–Trinajstić information content (AvgIpc) is 3.17. The van der Waals surface area contributed by atoms with Crippen molar-refractivity contribution in [1.29, 1.82) is 0 Å². The molecule has 1 fully saturated rings. The van der Waals surface area contributed by atoms with E-state index >= 15 is 0 Å². The Morgan fingerprint density at radius 3 is 2.58 bits per heavy atom. The molecule has 0 bridgehead atoms. The number of carbonyl (C=O) groups is 1. The summed E-state index contributed by atoms with van der Waals surface area (Å²) in [6, 6.07) is 13.9. The Morgan fingerprint density at radius 2 is 1.87 bits per heavy atom. The zero-order chi connectivity index (χ0) is 22.0. The van der Waals surface area contributed by atoms with Crippen molar-refractivity contribution in [3.05, 3.63) is 53.7 Å². The van der Waals surface area contributed by atoms with Gasteiger partial charge in [0.05, 0.1) is 18.0 Å². The van der Waals surface area contributed by atoms with Crippen molar-refractivity contribution in [1.82, 2.24) is 15.1 Å². The highest BCUT2D eigenvalue weighted by Crippen LogP contribution is 2.29. The van der Waals surface area contributed by atoms with Crippen molar-refractivity contribution in [2.45, 2.75) is 70.9 Å². The van der Waals surface area contributed by atoms with Gasteiger partial charge in [0.2, 0.25) is 0 Å². The van der Waals surface area contributed by atoms with E-state index in [1.807, 2.05) is 42.5 Å². The molecule has 3 N–H and O–H groups in total. The van der Waals surface area contributed by atoms with Gasteiger partial charge in [0.1, 0.15) is 5.82 Å². The number of urea groups is 1. The molecule has 0 spiro atoms. The first kappa shape index (κ1) is 21.4. The van der Waals surface area contributed by atoms with Crippen LogP contribution in [0.5, 0.6) is 0 Å². The number of aromatic nitrogens is 2. The zero-order valence-electron chi connectivity index (χ0n) is 18.6. The number of hydrogen-bond acceptors (Lipinski definition) is 3. The minimum Gasteiger partial charge on any atom is -0.392 e. The predicted octanol–water partition coefficient (Wildman–Crippen LogP) is 5.27. The lowest BCUT2D eigenvalue weighted by Gasteiger charge is -2.23. The number of benzene rings is 2. The van der Waals surface area contributed by atoms with Crippen molar-refractivity contribution < 1.29 is 9.90 Å². The van der Waals surface area contributed by atoms with Gasteiger partial charge in [-0.25, -0.2) is 9.48 Å². The number of aliphatic hydroxyl groups is 1. The van der Waals surface area contributed by atoms with Crippen molar-refractivity contribution in [3.8, 4) is 5.69 Å². The van der Waals surface area contributed by atoms with Crippen LogP contribution < -0.4 is 10.6 Å². The van der Waals surface area contributed by atoms with Crippen LogP contribution in [0.25, 0.3) is 16.5 Å². The Labute approximate surface area is 183 Å². The molecule has 3 aromatic rings. The van der Waals surface area contributed by atoms with Crippen LogP contribution in [0.3, 0.4) is 0 Å². The molecule has 1 aromatic heterocycles. The summed E-state index contributed by atoms with van der Waals surface area (Å²) in [6.45, 7) is 6.24. The Balaban J connectivity index is 1.70. The third-order valence-corrected chi connectivity index (χ3v) is 6.01. The minimum absolute atomic E-state index is 0.0628. The molecule has 1 aliphatic carbocycles. The molecule has 0 radical (unpaired) electrons. The SMILES string of the molecule is CC(C)(C)c1cc(NC(=O)NC2CCCCC2)n(-c2cc(CO)c3ccccc3c2)n1. The second-order valence-corrected chi connectivity index (χ2v) is 9.49. The zero-order valence-corrected chi connectivity index (χ0v) is 18.6. The molecule has 4 rings (SSSR count). The normalized spacial score (nSPS) is 15.2. The van der Waals surface area contributed by atoms with E-state index in [4.69, 9.17) is 5.10 Å². The fourth-order valence-electron chi connectivity index (χ4n) is 4.24. The Bertz CT molecular complexity index is 1070. The monoisotopic (exact) mass is 420 g/mol. The highest BCUT2D eigenvalue weighted by atomic mass is 16.3. The maximum atomic E-state index is 12.8. The first-order valence-corrected chi connectivity index (χ1v) is 11.2. The van der Waals surface area contributed by atoms with Crippen LogP contribution >= 0.6 is 0 Å². The lowest BCUT2D eigenvalue weighted by atomic mass is 9.92. The molecule has 31 heavy (non-hydrogen) atoms. The van der Waals surface area contributed by atoms with E-state index in [0.717, 1.165) is 53.4 Å². The third kappa shape index (κ3) is 4.74. The topological polar surface area (TPSA) is 79.2 Å². The summed E-state index contributed by atoms with van der Waals surface area (Å²) in [6.07, 6.45) is 5.64. The van der Waals surface area contributed by atoms with Crippen LogP contribution in [0, 0.1) is 0 Å². The molecule has 164 valence electrons. The summed E-state index contributed by atoms with van der Waals surface area (Å²) in [5, 5.41) is 22.9. The molecule has 1 aliphatic rings. The average molecular weight is 421 g/mol. The van der Waals surface area contributed by atoms with Crippen molar-refractivity contribution >= 4 is 22.6 Å².